The molecule has 2 aliphatic rings. The van der Waals surface area contributed by atoms with Crippen molar-refractivity contribution < 1.29 is 50.4 Å². The second kappa shape index (κ2) is 10.6. The Morgan fingerprint density at radius 3 is 2.00 bits per heavy atom. The van der Waals surface area contributed by atoms with Crippen LogP contribution in [0, 0.1) is 0 Å². The lowest BCUT2D eigenvalue weighted by Gasteiger charge is -2.45. The fourth-order valence-electron chi connectivity index (χ4n) is 3.02. The third kappa shape index (κ3) is 5.48. The first-order chi connectivity index (χ1) is 12.0. The van der Waals surface area contributed by atoms with E-state index in [2.05, 4.69) is 4.99 Å². The fraction of sp³-hybridized carbons (Fsp3) is 0.857. The molecule has 0 bridgehead atoms. The molecule has 166 valence electrons. The molecule has 1 saturated heterocycles. The third-order valence-electron chi connectivity index (χ3n) is 4.64. The maximum atomic E-state index is 10.8. The van der Waals surface area contributed by atoms with E-state index in [1.165, 1.54) is 0 Å². The molecule has 1 heterocycles. The topological polar surface area (TPSA) is 253 Å². The highest BCUT2D eigenvalue weighted by molar-refractivity contribution is 6.33. The molecule has 2 rings (SSSR count). The first-order valence-electron chi connectivity index (χ1n) is 8.08. The molecule has 14 heteroatoms. The van der Waals surface area contributed by atoms with Crippen molar-refractivity contribution in [2.45, 2.75) is 74.4 Å². The zero-order chi connectivity index (χ0) is 19.8. The minimum Gasteiger partial charge on any atom is -0.475 e. The van der Waals surface area contributed by atoms with Crippen LogP contribution in [0.25, 0.3) is 0 Å². The van der Waals surface area contributed by atoms with Gasteiger partial charge in [0.1, 0.15) is 36.6 Å². The van der Waals surface area contributed by atoms with Crippen molar-refractivity contribution in [1.29, 1.82) is 0 Å². The van der Waals surface area contributed by atoms with Crippen molar-refractivity contribution in [2.24, 2.45) is 16.5 Å². The highest BCUT2D eigenvalue weighted by Gasteiger charge is 2.50. The van der Waals surface area contributed by atoms with Crippen LogP contribution >= 0.6 is 12.4 Å². The van der Waals surface area contributed by atoms with Crippen molar-refractivity contribution in [3.63, 3.8) is 0 Å². The van der Waals surface area contributed by atoms with Crippen molar-refractivity contribution in [1.82, 2.24) is 0 Å². The van der Waals surface area contributed by atoms with E-state index in [0.717, 1.165) is 0 Å². The van der Waals surface area contributed by atoms with Crippen LogP contribution in [0.15, 0.2) is 4.99 Å². The van der Waals surface area contributed by atoms with E-state index in [1.807, 2.05) is 0 Å². The number of carboxylic acid groups (broad SMARTS) is 1. The van der Waals surface area contributed by atoms with Gasteiger partial charge in [-0.1, -0.05) is 0 Å². The summed E-state index contributed by atoms with van der Waals surface area (Å²) < 4.78 is 11.0. The zero-order valence-electron chi connectivity index (χ0n) is 14.9. The molecule has 0 amide bonds. The Morgan fingerprint density at radius 1 is 1.07 bits per heavy atom. The first-order valence-corrected chi connectivity index (χ1v) is 8.08. The molecule has 0 aromatic heterocycles. The van der Waals surface area contributed by atoms with Gasteiger partial charge in [-0.05, 0) is 13.3 Å². The number of amidine groups is 1. The number of carbonyl (C=O) groups is 1. The highest BCUT2D eigenvalue weighted by Crippen LogP contribution is 2.29. The predicted molar refractivity (Wildman–Crippen MR) is 95.7 cm³/mol. The van der Waals surface area contributed by atoms with Gasteiger partial charge >= 0.3 is 5.97 Å². The van der Waals surface area contributed by atoms with Gasteiger partial charge in [0.2, 0.25) is 5.84 Å². The van der Waals surface area contributed by atoms with Gasteiger partial charge in [-0.15, -0.1) is 12.4 Å². The van der Waals surface area contributed by atoms with Crippen LogP contribution in [-0.2, 0) is 14.3 Å². The number of ether oxygens (including phenoxy) is 2. The maximum Gasteiger partial charge on any atom is 0.370 e. The third-order valence-corrected chi connectivity index (χ3v) is 4.64. The Labute approximate surface area is 166 Å². The molecule has 1 saturated carbocycles. The number of aliphatic hydroxyl groups excluding tert-OH is 5. The lowest BCUT2D eigenvalue weighted by atomic mass is 9.84. The summed E-state index contributed by atoms with van der Waals surface area (Å²) in [4.78, 5) is 14.6. The Balaban J connectivity index is 0.00000364. The van der Waals surface area contributed by atoms with E-state index in [9.17, 15) is 30.3 Å². The monoisotopic (exact) mass is 433 g/mol. The van der Waals surface area contributed by atoms with Gasteiger partial charge in [0.15, 0.2) is 6.29 Å². The molecule has 28 heavy (non-hydrogen) atoms. The summed E-state index contributed by atoms with van der Waals surface area (Å²) >= 11 is 0. The van der Waals surface area contributed by atoms with Gasteiger partial charge < -0.3 is 57.1 Å². The van der Waals surface area contributed by atoms with Gasteiger partial charge in [-0.2, -0.15) is 0 Å². The van der Waals surface area contributed by atoms with Gasteiger partial charge in [0, 0.05) is 0 Å². The summed E-state index contributed by atoms with van der Waals surface area (Å²) in [5.74, 6) is -1.96. The van der Waals surface area contributed by atoms with Crippen LogP contribution in [0.1, 0.15) is 13.3 Å². The Kier molecular flexibility index (Phi) is 10.2. The summed E-state index contributed by atoms with van der Waals surface area (Å²) in [6.45, 7) is 1.59. The SMILES string of the molecule is CC1OC(OC2C(O)C(O)C(O)C(O)C2O)C(N)CC1N=C(N)C(=O)O.Cl.O. The smallest absolute Gasteiger partial charge is 0.370 e. The van der Waals surface area contributed by atoms with Crippen LogP contribution in [0.4, 0.5) is 0 Å². The van der Waals surface area contributed by atoms with Crippen molar-refractivity contribution in [3.8, 4) is 0 Å². The number of halogens is 1. The van der Waals surface area contributed by atoms with Gasteiger partial charge in [0.05, 0.1) is 18.2 Å². The summed E-state index contributed by atoms with van der Waals surface area (Å²) in [5, 5.41) is 57.8. The van der Waals surface area contributed by atoms with E-state index >= 15 is 0 Å². The summed E-state index contributed by atoms with van der Waals surface area (Å²) in [7, 11) is 0. The number of aliphatic carboxylic acids is 1. The predicted octanol–water partition coefficient (Wildman–Crippen LogP) is -4.94. The summed E-state index contributed by atoms with van der Waals surface area (Å²) in [5.41, 5.74) is 11.2. The maximum absolute atomic E-state index is 10.8. The molecule has 2 fully saturated rings. The van der Waals surface area contributed by atoms with Crippen molar-refractivity contribution in [3.05, 3.63) is 0 Å². The molecule has 0 spiro atoms. The largest absolute Gasteiger partial charge is 0.475 e. The number of aliphatic hydroxyl groups is 5. The lowest BCUT2D eigenvalue weighted by molar-refractivity contribution is -0.293. The lowest BCUT2D eigenvalue weighted by Crippen LogP contribution is -2.66. The molecule has 12 N–H and O–H groups in total. The minimum absolute atomic E-state index is 0. The van der Waals surface area contributed by atoms with Gasteiger partial charge in [0.25, 0.3) is 0 Å². The molecule has 0 aromatic carbocycles. The van der Waals surface area contributed by atoms with E-state index in [4.69, 9.17) is 26.0 Å². The Morgan fingerprint density at radius 2 is 1.54 bits per heavy atom. The minimum atomic E-state index is -1.74. The van der Waals surface area contributed by atoms with Gasteiger partial charge in [-0.3, -0.25) is 4.99 Å². The molecule has 13 nitrogen and oxygen atoms in total. The highest BCUT2D eigenvalue weighted by atomic mass is 35.5. The number of rotatable bonds is 3. The van der Waals surface area contributed by atoms with Crippen molar-refractivity contribution >= 4 is 24.2 Å². The molecule has 0 aromatic rings. The number of aliphatic imine (C=N–C) groups is 1. The molecular weight excluding hydrogens is 406 g/mol. The average Bonchev–Trinajstić information content (AvgIpc) is 2.58. The second-order valence-electron chi connectivity index (χ2n) is 6.55. The standard InChI is InChI=1S/C14H25N3O9.ClH.H2O/c1-3-5(17-12(16)13(23)24)2-4(15)14(25-3)26-11-9(21)7(19)6(18)8(20)10(11)22;;/h3-11,14,18-22H,2,15H2,1H3,(H2,16,17)(H,23,24);1H;1H2. The van der Waals surface area contributed by atoms with Gasteiger partial charge in [-0.25, -0.2) is 4.79 Å². The average molecular weight is 434 g/mol. The van der Waals surface area contributed by atoms with E-state index in [-0.39, 0.29) is 24.3 Å². The van der Waals surface area contributed by atoms with E-state index < -0.39 is 72.9 Å². The Bertz CT molecular complexity index is 539. The van der Waals surface area contributed by atoms with Crippen LogP contribution < -0.4 is 11.5 Å². The Hall–Kier alpha value is -1.13. The van der Waals surface area contributed by atoms with Crippen LogP contribution in [0.3, 0.4) is 0 Å². The molecule has 1 aliphatic heterocycles. The summed E-state index contributed by atoms with van der Waals surface area (Å²) in [6, 6.07) is -1.46. The second-order valence-corrected chi connectivity index (χ2v) is 6.55. The van der Waals surface area contributed by atoms with Crippen LogP contribution in [0.5, 0.6) is 0 Å². The first kappa shape index (κ1) is 26.9. The van der Waals surface area contributed by atoms with Crippen LogP contribution in [-0.4, -0.2) is 109 Å². The molecule has 8 unspecified atom stereocenters. The molecule has 0 radical (unpaired) electrons. The summed E-state index contributed by atoms with van der Waals surface area (Å²) in [6.07, 6.45) is -11.7. The normalized spacial score (nSPS) is 44.2. The molecule has 1 aliphatic carbocycles. The molecular formula is C14H28ClN3O10. The fourth-order valence-corrected chi connectivity index (χ4v) is 3.02. The number of nitrogens with two attached hydrogens (primary N) is 2. The van der Waals surface area contributed by atoms with Crippen LogP contribution in [0.2, 0.25) is 0 Å². The quantitative estimate of drug-likeness (QED) is 0.154. The number of nitrogens with zero attached hydrogens (tertiary/aromatic N) is 1. The number of hydrogen-bond acceptors (Lipinski definition) is 10. The van der Waals surface area contributed by atoms with E-state index in [0.29, 0.717) is 0 Å². The molecule has 8 atom stereocenters. The number of hydrogen-bond donors (Lipinski definition) is 8. The van der Waals surface area contributed by atoms with Crippen molar-refractivity contribution in [2.75, 3.05) is 0 Å². The zero-order valence-corrected chi connectivity index (χ0v) is 15.7. The number of carboxylic acids is 1. The van der Waals surface area contributed by atoms with E-state index in [1.54, 1.807) is 6.92 Å².